The molecule has 8 aromatic heterocycles. The van der Waals surface area contributed by atoms with Crippen LogP contribution in [-0.2, 0) is 24.1 Å². The van der Waals surface area contributed by atoms with Crippen LogP contribution in [0, 0.1) is 4.78 Å². The van der Waals surface area contributed by atoms with E-state index in [0.29, 0.717) is 97.1 Å². The third-order valence-electron chi connectivity index (χ3n) is 18.2. The van der Waals surface area contributed by atoms with Crippen LogP contribution in [0.5, 0.6) is 17.2 Å². The van der Waals surface area contributed by atoms with Gasteiger partial charge in [-0.25, -0.2) is 43.9 Å². The summed E-state index contributed by atoms with van der Waals surface area (Å²) in [7, 11) is 23.4. The summed E-state index contributed by atoms with van der Waals surface area (Å²) in [5.74, 6) is 4.40. The predicted molar refractivity (Wildman–Crippen MR) is 466 cm³/mol. The van der Waals surface area contributed by atoms with Gasteiger partial charge in [0.05, 0.1) is 109 Å². The van der Waals surface area contributed by atoms with Crippen molar-refractivity contribution < 1.29 is 32.8 Å². The number of ether oxygens (including phenoxy) is 3. The number of para-hydroxylation sites is 1. The highest BCUT2D eigenvalue weighted by molar-refractivity contribution is 7.92. The average Bonchev–Trinajstić information content (AvgIpc) is 1.62. The smallest absolute Gasteiger partial charge is 0.247 e. The van der Waals surface area contributed by atoms with Crippen molar-refractivity contribution in [2.75, 3.05) is 202 Å². The molecular weight excluding hydrogens is 1490 g/mol. The number of fused-ring (bicyclic) bond motifs is 3. The number of benzene rings is 4. The standard InChI is InChI=1S/C28H34N8O3S.2C27H33N9O2/c1-7-27(37)31-20-16-21(24(39-5)17-23(20)35(4)15-14-34(2)3)32-28-30-13-12-26(33-28)36-18-25(40(6,29)38)19-10-8-9-11-22(19)36;1-7-24(37)30-19-16-20(23(38-6)17-22(19)35(5)15-14-34(3)4)32-27-29-12-11-18(31-27)26-33-25(28-2)21-10-8-9-13-36(21)26;1-7-24(37)30-19-16-20(23(38-6)17-22(19)35(5)15-14-34(3)4)32-26-29-12-11-18(31-26)25-21-10-8-9-13-36(21)27(28-2)33-25/h7-13,16-18,29H,1,14-15H2,2-6H3,(H,31,37)(H,30,32,33);7-13,16-17,28H,1,14-15H2,2-6H3,(H,30,37)(H,29,31,32);7-13,16-17H,1,14-15H2,2-6H3,(H,28,33)(H,30,37)(H,29,31,32). The summed E-state index contributed by atoms with van der Waals surface area (Å²) in [6.45, 7) is 15.4. The van der Waals surface area contributed by atoms with Crippen LogP contribution in [0.2, 0.25) is 0 Å². The Bertz CT molecular complexity index is 5430. The average molecular weight is 1590 g/mol. The van der Waals surface area contributed by atoms with Gasteiger partial charge in [0.25, 0.3) is 0 Å². The Balaban J connectivity index is 0.000000184. The summed E-state index contributed by atoms with van der Waals surface area (Å²) < 4.78 is 43.6. The van der Waals surface area contributed by atoms with Gasteiger partial charge in [-0.05, 0) is 127 Å². The van der Waals surface area contributed by atoms with E-state index in [9.17, 15) is 18.6 Å². The maximum Gasteiger partial charge on any atom is 0.247 e. The van der Waals surface area contributed by atoms with E-state index >= 15 is 0 Å². The number of methoxy groups -OCH3 is 3. The number of likely N-dealkylation sites (N-methyl/N-ethyl adjacent to an activating group) is 6. The highest BCUT2D eigenvalue weighted by atomic mass is 32.2. The van der Waals surface area contributed by atoms with E-state index in [1.807, 2.05) is 207 Å². The fourth-order valence-corrected chi connectivity index (χ4v) is 13.1. The Morgan fingerprint density at radius 1 is 0.483 bits per heavy atom. The minimum Gasteiger partial charge on any atom is -0.494 e. The van der Waals surface area contributed by atoms with Crippen molar-refractivity contribution in [3.63, 3.8) is 0 Å². The topological polar surface area (TPSA) is 352 Å². The molecule has 0 aliphatic rings. The molecule has 12 aromatic rings. The molecule has 116 heavy (non-hydrogen) atoms. The van der Waals surface area contributed by atoms with Gasteiger partial charge >= 0.3 is 0 Å². The van der Waals surface area contributed by atoms with Crippen molar-refractivity contribution in [3.8, 4) is 46.0 Å². The van der Waals surface area contributed by atoms with Crippen molar-refractivity contribution in [2.24, 2.45) is 0 Å². The number of imidazole rings is 2. The Labute approximate surface area is 675 Å². The summed E-state index contributed by atoms with van der Waals surface area (Å²) >= 11 is 0. The zero-order valence-electron chi connectivity index (χ0n) is 67.9. The van der Waals surface area contributed by atoms with E-state index in [2.05, 4.69) is 107 Å². The summed E-state index contributed by atoms with van der Waals surface area (Å²) in [6.07, 6.45) is 15.6. The lowest BCUT2D eigenvalue weighted by Crippen LogP contribution is -2.29. The number of amides is 3. The van der Waals surface area contributed by atoms with E-state index in [1.54, 1.807) is 62.8 Å². The highest BCUT2D eigenvalue weighted by Gasteiger charge is 2.24. The molecule has 33 nitrogen and oxygen atoms in total. The normalized spacial score (nSPS) is 11.5. The van der Waals surface area contributed by atoms with Crippen LogP contribution in [0.15, 0.2) is 195 Å². The molecule has 1 atom stereocenters. The van der Waals surface area contributed by atoms with Crippen LogP contribution in [0.1, 0.15) is 0 Å². The van der Waals surface area contributed by atoms with Gasteiger partial charge in [-0.2, -0.15) is 4.98 Å². The molecule has 8 heterocycles. The van der Waals surface area contributed by atoms with Gasteiger partial charge < -0.3 is 86.1 Å². The van der Waals surface area contributed by atoms with Crippen LogP contribution in [-0.4, -0.2) is 234 Å². The third-order valence-corrected chi connectivity index (χ3v) is 19.4. The molecule has 12 rings (SSSR count). The number of carbonyl (C=O) groups is 3. The first-order chi connectivity index (χ1) is 55.7. The second-order valence-corrected chi connectivity index (χ2v) is 29.4. The van der Waals surface area contributed by atoms with Gasteiger partial charge in [0, 0.05) is 142 Å². The predicted octanol–water partition coefficient (Wildman–Crippen LogP) is 11.7. The Morgan fingerprint density at radius 2 is 0.897 bits per heavy atom. The molecule has 4 aromatic carbocycles. The highest BCUT2D eigenvalue weighted by Crippen LogP contribution is 2.42. The summed E-state index contributed by atoms with van der Waals surface area (Å²) in [5, 5.41) is 25.4. The number of anilines is 14. The largest absolute Gasteiger partial charge is 0.494 e. The van der Waals surface area contributed by atoms with Gasteiger partial charge in [-0.1, -0.05) is 50.1 Å². The van der Waals surface area contributed by atoms with Gasteiger partial charge in [0.1, 0.15) is 34.5 Å². The third kappa shape index (κ3) is 20.8. The first kappa shape index (κ1) is 84.7. The van der Waals surface area contributed by atoms with E-state index in [0.717, 1.165) is 89.8 Å². The monoisotopic (exact) mass is 1590 g/mol. The molecule has 34 heteroatoms. The molecular formula is C82H100N26O7S. The van der Waals surface area contributed by atoms with E-state index in [1.165, 1.54) is 24.5 Å². The number of nitrogens with zero attached hydrogens (tertiary/aromatic N) is 17. The van der Waals surface area contributed by atoms with Crippen molar-refractivity contribution >= 4 is 130 Å². The fraction of sp³-hybridized carbons (Fsp3) is 0.256. The zero-order valence-corrected chi connectivity index (χ0v) is 68.7. The molecule has 606 valence electrons. The maximum absolute atomic E-state index is 12.7. The van der Waals surface area contributed by atoms with E-state index in [-0.39, 0.29) is 23.7 Å². The lowest BCUT2D eigenvalue weighted by molar-refractivity contribution is -0.112. The molecule has 3 amide bonds. The minimum absolute atomic E-state index is 0.285. The Kier molecular flexibility index (Phi) is 28.3. The van der Waals surface area contributed by atoms with Crippen LogP contribution in [0.4, 0.5) is 80.8 Å². The Hall–Kier alpha value is -13.7. The van der Waals surface area contributed by atoms with Crippen molar-refractivity contribution in [1.29, 1.82) is 4.78 Å². The van der Waals surface area contributed by atoms with Gasteiger partial charge in [0.15, 0.2) is 11.6 Å². The second kappa shape index (κ2) is 38.7. The number of pyridine rings is 2. The molecule has 0 fully saturated rings. The number of rotatable bonds is 33. The number of hydrogen-bond donors (Lipinski definition) is 9. The van der Waals surface area contributed by atoms with Crippen LogP contribution < -0.4 is 71.4 Å². The van der Waals surface area contributed by atoms with E-state index < -0.39 is 9.73 Å². The van der Waals surface area contributed by atoms with Crippen LogP contribution in [0.25, 0.3) is 50.7 Å². The molecule has 0 saturated heterocycles. The number of aromatic nitrogens is 11. The van der Waals surface area contributed by atoms with Gasteiger partial charge in [-0.3, -0.25) is 27.8 Å². The SMILES string of the molecule is C=CC(=O)Nc1cc(Nc2nccc(-c3nc(NC)c4ccccn34)n2)c(OC)cc1N(C)CCN(C)C.C=CC(=O)Nc1cc(Nc2nccc(-c3nc(NC)n4ccccc34)n2)c(OC)cc1N(C)CCN(C)C.C=CC(=O)Nc1cc(Nc2nccc(-n3cc(S(C)(=N)=O)c4ccccc43)n2)c(OC)cc1N(C)CCN(C)C. The van der Waals surface area contributed by atoms with E-state index in [4.69, 9.17) is 38.9 Å². The second-order valence-electron chi connectivity index (χ2n) is 27.3. The van der Waals surface area contributed by atoms with Crippen molar-refractivity contribution in [3.05, 3.63) is 190 Å². The maximum atomic E-state index is 12.7. The number of hydrogen-bond acceptors (Lipinski definition) is 27. The number of nitrogens with one attached hydrogen (secondary N) is 9. The molecule has 9 N–H and O–H groups in total. The molecule has 0 saturated carbocycles. The first-order valence-electron chi connectivity index (χ1n) is 36.7. The zero-order chi connectivity index (χ0) is 83.5. The fourth-order valence-electron chi connectivity index (χ4n) is 12.2. The molecule has 0 spiro atoms. The Morgan fingerprint density at radius 3 is 1.34 bits per heavy atom. The molecule has 1 unspecified atom stereocenters. The first-order valence-corrected chi connectivity index (χ1v) is 38.7. The van der Waals surface area contributed by atoms with Crippen molar-refractivity contribution in [1.82, 2.24) is 67.9 Å². The van der Waals surface area contributed by atoms with Crippen LogP contribution >= 0.6 is 0 Å². The molecule has 0 bridgehead atoms. The minimum atomic E-state index is -2.97. The molecule has 0 radical (unpaired) electrons. The van der Waals surface area contributed by atoms with Crippen molar-refractivity contribution in [2.45, 2.75) is 4.90 Å². The number of carbonyl (C=O) groups excluding carboxylic acids is 3. The lowest BCUT2D eigenvalue weighted by atomic mass is 10.2. The quantitative estimate of drug-likeness (QED) is 0.0173. The lowest BCUT2D eigenvalue weighted by Gasteiger charge is -2.26. The van der Waals surface area contributed by atoms with Crippen LogP contribution in [0.3, 0.4) is 0 Å². The molecule has 0 aliphatic heterocycles. The summed E-state index contributed by atoms with van der Waals surface area (Å²) in [4.78, 5) is 86.4. The molecule has 0 aliphatic carbocycles. The summed E-state index contributed by atoms with van der Waals surface area (Å²) in [5.41, 5.74) is 10.6. The van der Waals surface area contributed by atoms with Gasteiger partial charge in [-0.15, -0.1) is 0 Å². The van der Waals surface area contributed by atoms with Gasteiger partial charge in [0.2, 0.25) is 41.5 Å². The summed E-state index contributed by atoms with van der Waals surface area (Å²) in [6, 6.07) is 35.6.